The van der Waals surface area contributed by atoms with Crippen molar-refractivity contribution in [2.75, 3.05) is 0 Å². The summed E-state index contributed by atoms with van der Waals surface area (Å²) in [5.41, 5.74) is 4.61. The Balaban J connectivity index is 1.90. The van der Waals surface area contributed by atoms with Crippen molar-refractivity contribution in [1.29, 1.82) is 0 Å². The monoisotopic (exact) mass is 441 g/mol. The molecule has 4 rings (SSSR count). The highest BCUT2D eigenvalue weighted by atomic mass is 19.3. The summed E-state index contributed by atoms with van der Waals surface area (Å²) in [5, 5.41) is 9.94. The fourth-order valence-corrected chi connectivity index (χ4v) is 4.54. The molecule has 1 aromatic heterocycles. The van der Waals surface area contributed by atoms with Gasteiger partial charge in [0.15, 0.2) is 0 Å². The largest absolute Gasteiger partial charge is 0.481 e. The molecule has 168 valence electrons. The summed E-state index contributed by atoms with van der Waals surface area (Å²) in [7, 11) is 0. The van der Waals surface area contributed by atoms with Gasteiger partial charge in [0.2, 0.25) is 0 Å². The number of aliphatic carboxylic acids is 1. The molecule has 2 aromatic carbocycles. The molecule has 7 heteroatoms. The average Bonchev–Trinajstić information content (AvgIpc) is 3.23. The zero-order chi connectivity index (χ0) is 23.0. The first kappa shape index (κ1) is 22.0. The number of carbonyl (C=O) groups is 1. The van der Waals surface area contributed by atoms with E-state index in [1.807, 2.05) is 19.1 Å². The maximum atomic E-state index is 13.7. The molecule has 1 heterocycles. The van der Waals surface area contributed by atoms with Gasteiger partial charge in [-0.15, -0.1) is 0 Å². The van der Waals surface area contributed by atoms with Crippen LogP contribution in [0.2, 0.25) is 0 Å². The van der Waals surface area contributed by atoms with Crippen molar-refractivity contribution < 1.29 is 23.4 Å². The molecular weight excluding hydrogens is 416 g/mol. The lowest BCUT2D eigenvalue weighted by atomic mass is 9.96. The molecule has 0 unspecified atom stereocenters. The van der Waals surface area contributed by atoms with Crippen molar-refractivity contribution in [2.45, 2.75) is 58.6 Å². The molecule has 0 aliphatic heterocycles. The van der Waals surface area contributed by atoms with E-state index in [2.05, 4.69) is 0 Å². The molecule has 0 radical (unpaired) electrons. The van der Waals surface area contributed by atoms with Gasteiger partial charge >= 0.3 is 12.1 Å². The number of aromatic nitrogens is 1. The first-order valence-corrected chi connectivity index (χ1v) is 10.8. The van der Waals surface area contributed by atoms with Crippen LogP contribution in [0.25, 0.3) is 22.0 Å². The van der Waals surface area contributed by atoms with E-state index in [4.69, 9.17) is 9.84 Å². The van der Waals surface area contributed by atoms with Crippen molar-refractivity contribution in [3.63, 3.8) is 0 Å². The number of carboxylic acids is 1. The molecule has 1 aliphatic rings. The first-order chi connectivity index (χ1) is 15.2. The number of ether oxygens (including phenoxy) is 1. The van der Waals surface area contributed by atoms with E-state index in [0.717, 1.165) is 46.9 Å². The minimum Gasteiger partial charge on any atom is -0.481 e. The number of alkyl halides is 2. The van der Waals surface area contributed by atoms with Gasteiger partial charge in [0, 0.05) is 36.4 Å². The molecule has 1 N–H and O–H groups in total. The number of pyridine rings is 1. The van der Waals surface area contributed by atoms with Crippen LogP contribution in [0.3, 0.4) is 0 Å². The van der Waals surface area contributed by atoms with Crippen LogP contribution in [0.5, 0.6) is 5.75 Å². The minimum atomic E-state index is -3.36. The van der Waals surface area contributed by atoms with E-state index in [1.54, 1.807) is 22.8 Å². The molecule has 1 aliphatic carbocycles. The summed E-state index contributed by atoms with van der Waals surface area (Å²) in [4.78, 5) is 23.8. The van der Waals surface area contributed by atoms with Crippen LogP contribution >= 0.6 is 0 Å². The summed E-state index contributed by atoms with van der Waals surface area (Å²) in [6.45, 7) is 3.16. The third-order valence-electron chi connectivity index (χ3n) is 5.92. The summed E-state index contributed by atoms with van der Waals surface area (Å²) in [6, 6.07) is 10.4. The second-order valence-electron chi connectivity index (χ2n) is 8.23. The number of nitrogens with zero attached hydrogens (tertiary/aromatic N) is 1. The van der Waals surface area contributed by atoms with Gasteiger partial charge in [-0.05, 0) is 73.6 Å². The number of hydrogen-bond acceptors (Lipinski definition) is 3. The van der Waals surface area contributed by atoms with Crippen LogP contribution < -0.4 is 10.3 Å². The molecule has 0 saturated heterocycles. The Kier molecular flexibility index (Phi) is 5.75. The number of fused-ring (bicyclic) bond motifs is 3. The number of aryl methyl sites for hydroxylation is 3. The molecule has 0 bridgehead atoms. The third kappa shape index (κ3) is 4.24. The summed E-state index contributed by atoms with van der Waals surface area (Å²) < 4.78 is 34.1. The van der Waals surface area contributed by atoms with E-state index in [-0.39, 0.29) is 24.2 Å². The van der Waals surface area contributed by atoms with E-state index in [1.165, 1.54) is 6.07 Å². The Morgan fingerprint density at radius 3 is 2.59 bits per heavy atom. The van der Waals surface area contributed by atoms with Gasteiger partial charge in [-0.1, -0.05) is 12.1 Å². The topological polar surface area (TPSA) is 68.5 Å². The second kappa shape index (κ2) is 8.37. The fourth-order valence-electron chi connectivity index (χ4n) is 4.54. The maximum absolute atomic E-state index is 13.7. The average molecular weight is 441 g/mol. The number of benzene rings is 2. The molecule has 3 aromatic rings. The lowest BCUT2D eigenvalue weighted by Gasteiger charge is -2.19. The van der Waals surface area contributed by atoms with E-state index >= 15 is 0 Å². The smallest absolute Gasteiger partial charge is 0.394 e. The Hall–Kier alpha value is -3.22. The fraction of sp³-hybridized carbons (Fsp3) is 0.360. The standard InChI is InChI=1S/C25H25F2NO4/c1-3-28-21-10-9-16(14-20(21)17-5-4-6-18(17)24(28)31)19-13-15(8-12-23(29)30)7-11-22(19)32-25(2,26)27/h7,9-11,13-14H,3-6,8,12H2,1-2H3,(H,29,30). The molecule has 0 atom stereocenters. The van der Waals surface area contributed by atoms with E-state index in [9.17, 15) is 18.4 Å². The van der Waals surface area contributed by atoms with Crippen molar-refractivity contribution in [3.05, 3.63) is 63.4 Å². The number of rotatable bonds is 7. The Labute approximate surface area is 184 Å². The number of halogens is 2. The van der Waals surface area contributed by atoms with E-state index < -0.39 is 12.1 Å². The molecule has 0 fully saturated rings. The summed E-state index contributed by atoms with van der Waals surface area (Å²) >= 11 is 0. The van der Waals surface area contributed by atoms with Crippen LogP contribution in [0.4, 0.5) is 8.78 Å². The zero-order valence-electron chi connectivity index (χ0n) is 18.1. The van der Waals surface area contributed by atoms with Crippen LogP contribution in [0.15, 0.2) is 41.2 Å². The lowest BCUT2D eigenvalue weighted by Crippen LogP contribution is -2.23. The highest BCUT2D eigenvalue weighted by Crippen LogP contribution is 2.37. The normalized spacial score (nSPS) is 13.4. The molecule has 0 amide bonds. The SMILES string of the molecule is CCn1c(=O)c2c(c3cc(-c4cc(CCC(=O)O)ccc4OC(C)(F)F)ccc31)CCC2. The van der Waals surface area contributed by atoms with E-state index in [0.29, 0.717) is 24.6 Å². The molecule has 32 heavy (non-hydrogen) atoms. The van der Waals surface area contributed by atoms with Crippen LogP contribution in [-0.2, 0) is 30.6 Å². The Morgan fingerprint density at radius 1 is 1.16 bits per heavy atom. The van der Waals surface area contributed by atoms with Gasteiger partial charge in [0.1, 0.15) is 5.75 Å². The van der Waals surface area contributed by atoms with Crippen molar-refractivity contribution in [1.82, 2.24) is 4.57 Å². The number of hydrogen-bond donors (Lipinski definition) is 1. The summed E-state index contributed by atoms with van der Waals surface area (Å²) in [5.74, 6) is -0.901. The molecular formula is C25H25F2NO4. The van der Waals surface area contributed by atoms with Gasteiger partial charge in [-0.3, -0.25) is 9.59 Å². The van der Waals surface area contributed by atoms with Crippen molar-refractivity contribution in [2.24, 2.45) is 0 Å². The maximum Gasteiger partial charge on any atom is 0.394 e. The highest BCUT2D eigenvalue weighted by molar-refractivity contribution is 5.90. The lowest BCUT2D eigenvalue weighted by molar-refractivity contribution is -0.158. The van der Waals surface area contributed by atoms with Gasteiger partial charge in [-0.2, -0.15) is 8.78 Å². The predicted molar refractivity (Wildman–Crippen MR) is 119 cm³/mol. The highest BCUT2D eigenvalue weighted by Gasteiger charge is 2.26. The molecule has 0 saturated carbocycles. The number of carboxylic acid groups (broad SMARTS) is 1. The Bertz CT molecular complexity index is 1260. The van der Waals surface area contributed by atoms with Crippen LogP contribution in [0, 0.1) is 0 Å². The minimum absolute atomic E-state index is 0.0244. The third-order valence-corrected chi connectivity index (χ3v) is 5.92. The predicted octanol–water partition coefficient (Wildman–Crippen LogP) is 5.19. The van der Waals surface area contributed by atoms with Gasteiger partial charge in [0.05, 0.1) is 5.52 Å². The van der Waals surface area contributed by atoms with Crippen molar-refractivity contribution >= 4 is 16.9 Å². The Morgan fingerprint density at radius 2 is 1.91 bits per heavy atom. The van der Waals surface area contributed by atoms with Crippen LogP contribution in [-0.4, -0.2) is 21.8 Å². The molecule has 5 nitrogen and oxygen atoms in total. The van der Waals surface area contributed by atoms with Gasteiger partial charge in [0.25, 0.3) is 5.56 Å². The van der Waals surface area contributed by atoms with Crippen molar-refractivity contribution in [3.8, 4) is 16.9 Å². The van der Waals surface area contributed by atoms with Gasteiger partial charge < -0.3 is 14.4 Å². The first-order valence-electron chi connectivity index (χ1n) is 10.8. The second-order valence-corrected chi connectivity index (χ2v) is 8.23. The quantitative estimate of drug-likeness (QED) is 0.548. The van der Waals surface area contributed by atoms with Crippen LogP contribution in [0.1, 0.15) is 43.4 Å². The van der Waals surface area contributed by atoms with Gasteiger partial charge in [-0.25, -0.2) is 0 Å². The zero-order valence-corrected chi connectivity index (χ0v) is 18.1. The molecule has 0 spiro atoms. The summed E-state index contributed by atoms with van der Waals surface area (Å²) in [6.07, 6.45) is -0.669.